The molecular weight excluding hydrogens is 444 g/mol. The van der Waals surface area contributed by atoms with E-state index in [1.165, 1.54) is 4.57 Å². The van der Waals surface area contributed by atoms with Gasteiger partial charge in [0.15, 0.2) is 5.65 Å². The first-order valence-corrected chi connectivity index (χ1v) is 11.9. The number of hydrogen-bond donors (Lipinski definition) is 2. The van der Waals surface area contributed by atoms with Gasteiger partial charge < -0.3 is 9.88 Å². The van der Waals surface area contributed by atoms with E-state index in [9.17, 15) is 14.4 Å². The lowest BCUT2D eigenvalue weighted by atomic mass is 10.1. The van der Waals surface area contributed by atoms with Gasteiger partial charge in [0.1, 0.15) is 5.82 Å². The van der Waals surface area contributed by atoms with E-state index in [1.54, 1.807) is 12.3 Å². The van der Waals surface area contributed by atoms with Gasteiger partial charge >= 0.3 is 5.69 Å². The average Bonchev–Trinajstić information content (AvgIpc) is 3.60. The monoisotopic (exact) mass is 472 g/mol. The van der Waals surface area contributed by atoms with Crippen molar-refractivity contribution in [3.63, 3.8) is 0 Å². The van der Waals surface area contributed by atoms with Gasteiger partial charge in [-0.15, -0.1) is 0 Å². The van der Waals surface area contributed by atoms with Crippen molar-refractivity contribution < 1.29 is 4.79 Å². The van der Waals surface area contributed by atoms with Crippen LogP contribution in [0.3, 0.4) is 0 Å². The molecule has 0 spiro atoms. The number of rotatable bonds is 7. The number of carbonyl (C=O) groups is 1. The van der Waals surface area contributed by atoms with Gasteiger partial charge in [-0.2, -0.15) is 0 Å². The molecular formula is C26H28N6O3. The predicted octanol–water partition coefficient (Wildman–Crippen LogP) is 3.42. The minimum atomic E-state index is -0.601. The molecule has 1 aromatic carbocycles. The highest BCUT2D eigenvalue weighted by Crippen LogP contribution is 2.40. The van der Waals surface area contributed by atoms with Gasteiger partial charge in [-0.1, -0.05) is 26.0 Å². The van der Waals surface area contributed by atoms with Crippen LogP contribution >= 0.6 is 0 Å². The first kappa shape index (κ1) is 22.8. The Labute approximate surface area is 201 Å². The van der Waals surface area contributed by atoms with E-state index in [4.69, 9.17) is 0 Å². The number of nitrogens with one attached hydrogen (secondary N) is 2. The molecule has 5 rings (SSSR count). The Morgan fingerprint density at radius 3 is 2.57 bits per heavy atom. The Kier molecular flexibility index (Phi) is 5.84. The Hall–Kier alpha value is -4.01. The normalized spacial score (nSPS) is 13.5. The molecule has 0 bridgehead atoms. The van der Waals surface area contributed by atoms with E-state index in [-0.39, 0.29) is 28.4 Å². The summed E-state index contributed by atoms with van der Waals surface area (Å²) in [7, 11) is 0. The van der Waals surface area contributed by atoms with Crippen molar-refractivity contribution in [1.29, 1.82) is 0 Å². The summed E-state index contributed by atoms with van der Waals surface area (Å²) in [6.45, 7) is 7.00. The van der Waals surface area contributed by atoms with Crippen molar-refractivity contribution in [3.05, 3.63) is 86.2 Å². The first-order chi connectivity index (χ1) is 16.8. The highest BCUT2D eigenvalue weighted by atomic mass is 16.2. The molecule has 1 saturated carbocycles. The summed E-state index contributed by atoms with van der Waals surface area (Å²) >= 11 is 0. The molecule has 0 unspecified atom stereocenters. The molecule has 9 nitrogen and oxygen atoms in total. The number of nitrogens with zero attached hydrogens (tertiary/aromatic N) is 4. The maximum Gasteiger partial charge on any atom is 0.330 e. The second kappa shape index (κ2) is 8.98. The third-order valence-corrected chi connectivity index (χ3v) is 6.24. The molecule has 0 atom stereocenters. The molecule has 0 radical (unpaired) electrons. The number of fused-ring (bicyclic) bond motifs is 1. The molecule has 1 amide bonds. The van der Waals surface area contributed by atoms with Crippen LogP contribution in [0.25, 0.3) is 11.0 Å². The van der Waals surface area contributed by atoms with E-state index < -0.39 is 17.2 Å². The molecule has 0 aliphatic heterocycles. The van der Waals surface area contributed by atoms with Crippen LogP contribution in [-0.2, 0) is 13.1 Å². The van der Waals surface area contributed by atoms with Crippen LogP contribution in [0.2, 0.25) is 0 Å². The summed E-state index contributed by atoms with van der Waals surface area (Å²) < 4.78 is 3.51. The summed E-state index contributed by atoms with van der Waals surface area (Å²) in [5, 5.41) is 3.05. The molecule has 4 aromatic rings. The van der Waals surface area contributed by atoms with Crippen LogP contribution in [0.4, 0.5) is 5.69 Å². The third-order valence-electron chi connectivity index (χ3n) is 6.24. The van der Waals surface area contributed by atoms with E-state index >= 15 is 0 Å². The second-order valence-electron chi connectivity index (χ2n) is 9.58. The van der Waals surface area contributed by atoms with E-state index in [1.807, 2.05) is 55.8 Å². The van der Waals surface area contributed by atoms with E-state index in [0.717, 1.165) is 29.9 Å². The summed E-state index contributed by atoms with van der Waals surface area (Å²) in [4.78, 5) is 50.1. The highest BCUT2D eigenvalue weighted by molar-refractivity contribution is 6.11. The summed E-state index contributed by atoms with van der Waals surface area (Å²) in [5.74, 6) is 0.936. The van der Waals surface area contributed by atoms with Crippen molar-refractivity contribution in [2.75, 3.05) is 5.32 Å². The zero-order valence-electron chi connectivity index (χ0n) is 20.0. The number of benzene rings is 1. The van der Waals surface area contributed by atoms with Gasteiger partial charge in [-0.3, -0.25) is 19.1 Å². The number of aromatic amines is 1. The largest absolute Gasteiger partial charge is 0.331 e. The molecule has 2 N–H and O–H groups in total. The number of aromatic nitrogens is 5. The fourth-order valence-corrected chi connectivity index (χ4v) is 4.25. The number of aryl methyl sites for hydroxylation is 1. The Morgan fingerprint density at radius 1 is 1.20 bits per heavy atom. The first-order valence-electron chi connectivity index (χ1n) is 11.9. The Bertz CT molecular complexity index is 1520. The molecule has 1 aliphatic carbocycles. The van der Waals surface area contributed by atoms with Gasteiger partial charge in [0.25, 0.3) is 11.5 Å². The molecule has 3 aromatic heterocycles. The number of anilines is 1. The minimum Gasteiger partial charge on any atom is -0.331 e. The summed E-state index contributed by atoms with van der Waals surface area (Å²) in [6.07, 6.45) is 5.65. The molecule has 35 heavy (non-hydrogen) atoms. The molecule has 1 fully saturated rings. The number of pyridine rings is 1. The fourth-order valence-electron chi connectivity index (χ4n) is 4.25. The van der Waals surface area contributed by atoms with Crippen molar-refractivity contribution in [3.8, 4) is 0 Å². The maximum absolute atomic E-state index is 13.4. The highest BCUT2D eigenvalue weighted by Gasteiger charge is 2.29. The van der Waals surface area contributed by atoms with Gasteiger partial charge in [0.05, 0.1) is 10.9 Å². The lowest BCUT2D eigenvalue weighted by molar-refractivity contribution is 0.102. The molecule has 3 heterocycles. The van der Waals surface area contributed by atoms with Gasteiger partial charge in [0, 0.05) is 42.8 Å². The number of H-pyrrole nitrogens is 1. The van der Waals surface area contributed by atoms with Crippen molar-refractivity contribution in [2.45, 2.75) is 52.6 Å². The molecule has 180 valence electrons. The summed E-state index contributed by atoms with van der Waals surface area (Å²) in [5.41, 5.74) is 1.83. The number of imidazole rings is 1. The standard InChI is InChI=1S/C26H28N6O3/c1-15(2)13-32-23-22(25(34)30-26(32)35)20(12-21(29-23)18-6-7-18)24(33)28-19-8-4-17(5-9-19)14-31-11-10-27-16(31)3/h4-5,8-12,15,18H,6-7,13-14H2,1-3H3,(H,28,33)(H,30,34,35). The average molecular weight is 473 g/mol. The smallest absolute Gasteiger partial charge is 0.330 e. The van der Waals surface area contributed by atoms with Gasteiger partial charge in [-0.25, -0.2) is 14.8 Å². The van der Waals surface area contributed by atoms with Crippen LogP contribution in [0.15, 0.2) is 52.3 Å². The predicted molar refractivity (Wildman–Crippen MR) is 134 cm³/mol. The fraction of sp³-hybridized carbons (Fsp3) is 0.346. The van der Waals surface area contributed by atoms with Gasteiger partial charge in [0.2, 0.25) is 0 Å². The zero-order chi connectivity index (χ0) is 24.7. The lowest BCUT2D eigenvalue weighted by Gasteiger charge is -2.15. The van der Waals surface area contributed by atoms with Crippen LogP contribution in [0.1, 0.15) is 60.0 Å². The van der Waals surface area contributed by atoms with E-state index in [0.29, 0.717) is 18.8 Å². The third kappa shape index (κ3) is 4.66. The minimum absolute atomic E-state index is 0.138. The van der Waals surface area contributed by atoms with Gasteiger partial charge in [-0.05, 0) is 49.4 Å². The van der Waals surface area contributed by atoms with Crippen LogP contribution < -0.4 is 16.6 Å². The molecule has 0 saturated heterocycles. The number of amides is 1. The van der Waals surface area contributed by atoms with Crippen molar-refractivity contribution in [2.24, 2.45) is 5.92 Å². The van der Waals surface area contributed by atoms with Crippen LogP contribution in [0.5, 0.6) is 0 Å². The SMILES string of the molecule is Cc1nccn1Cc1ccc(NC(=O)c2cc(C3CC3)nc3c2c(=O)[nH]c(=O)n3CC(C)C)cc1. The second-order valence-corrected chi connectivity index (χ2v) is 9.58. The topological polar surface area (TPSA) is 115 Å². The van der Waals surface area contributed by atoms with Crippen LogP contribution in [-0.4, -0.2) is 30.0 Å². The Balaban J connectivity index is 1.50. The van der Waals surface area contributed by atoms with Crippen molar-refractivity contribution >= 4 is 22.6 Å². The molecule has 1 aliphatic rings. The lowest BCUT2D eigenvalue weighted by Crippen LogP contribution is -2.33. The maximum atomic E-state index is 13.4. The van der Waals surface area contributed by atoms with Crippen molar-refractivity contribution in [1.82, 2.24) is 24.1 Å². The zero-order valence-corrected chi connectivity index (χ0v) is 20.0. The molecule has 9 heteroatoms. The quantitative estimate of drug-likeness (QED) is 0.428. The van der Waals surface area contributed by atoms with Crippen LogP contribution in [0, 0.1) is 12.8 Å². The van der Waals surface area contributed by atoms with E-state index in [2.05, 4.69) is 20.3 Å². The summed E-state index contributed by atoms with van der Waals surface area (Å²) in [6, 6.07) is 9.27. The number of carbonyl (C=O) groups excluding carboxylic acids is 1. The number of hydrogen-bond acceptors (Lipinski definition) is 5. The Morgan fingerprint density at radius 2 is 1.94 bits per heavy atom.